The second-order valence-corrected chi connectivity index (χ2v) is 6.14. The second-order valence-electron chi connectivity index (χ2n) is 6.14. The van der Waals surface area contributed by atoms with Crippen molar-refractivity contribution >= 4 is 11.6 Å². The summed E-state index contributed by atoms with van der Waals surface area (Å²) in [6.45, 7) is 8.17. The molecule has 0 spiro atoms. The van der Waals surface area contributed by atoms with Gasteiger partial charge in [0.1, 0.15) is 16.9 Å². The molecule has 0 aromatic carbocycles. The number of hydrogen-bond donors (Lipinski definition) is 1. The number of carbonyl (C=O) groups is 1. The molecule has 0 unspecified atom stereocenters. The molecular weight excluding hydrogens is 284 g/mol. The number of rotatable bonds is 4. The van der Waals surface area contributed by atoms with Gasteiger partial charge >= 0.3 is 6.09 Å². The highest BCUT2D eigenvalue weighted by atomic mass is 16.6. The minimum atomic E-state index is -0.561. The zero-order valence-corrected chi connectivity index (χ0v) is 13.4. The van der Waals surface area contributed by atoms with Gasteiger partial charge in [-0.3, -0.25) is 4.79 Å². The standard InChI is InChI=1S/C15H22N4O3/c1-5-8-18(14(21)22-15(2,3)4)10-12-16-13(20)11-7-6-9-19(11)17-12/h6-7,9H,5,8,10H2,1-4H3,(H,16,17,20). The van der Waals surface area contributed by atoms with Gasteiger partial charge < -0.3 is 14.6 Å². The molecule has 7 nitrogen and oxygen atoms in total. The number of aromatic amines is 1. The molecular formula is C15H22N4O3. The Morgan fingerprint density at radius 3 is 2.82 bits per heavy atom. The van der Waals surface area contributed by atoms with Crippen LogP contribution < -0.4 is 5.56 Å². The van der Waals surface area contributed by atoms with E-state index in [9.17, 15) is 9.59 Å². The smallest absolute Gasteiger partial charge is 0.410 e. The molecule has 1 amide bonds. The number of aromatic nitrogens is 3. The summed E-state index contributed by atoms with van der Waals surface area (Å²) in [7, 11) is 0. The highest BCUT2D eigenvalue weighted by Crippen LogP contribution is 2.11. The van der Waals surface area contributed by atoms with E-state index < -0.39 is 11.7 Å². The van der Waals surface area contributed by atoms with Crippen molar-refractivity contribution in [2.45, 2.75) is 46.3 Å². The second kappa shape index (κ2) is 6.21. The van der Waals surface area contributed by atoms with Gasteiger partial charge in [-0.15, -0.1) is 0 Å². The van der Waals surface area contributed by atoms with Crippen molar-refractivity contribution in [3.05, 3.63) is 34.5 Å². The van der Waals surface area contributed by atoms with Gasteiger partial charge in [-0.2, -0.15) is 5.10 Å². The molecule has 0 aliphatic rings. The first-order valence-electron chi connectivity index (χ1n) is 7.34. The fourth-order valence-electron chi connectivity index (χ4n) is 2.07. The third kappa shape index (κ3) is 3.87. The third-order valence-electron chi connectivity index (χ3n) is 2.93. The van der Waals surface area contributed by atoms with Gasteiger partial charge in [-0.05, 0) is 39.3 Å². The maximum atomic E-state index is 12.2. The van der Waals surface area contributed by atoms with E-state index in [0.29, 0.717) is 17.9 Å². The molecule has 2 heterocycles. The zero-order valence-electron chi connectivity index (χ0n) is 13.4. The number of fused-ring (bicyclic) bond motifs is 1. The van der Waals surface area contributed by atoms with E-state index in [1.54, 1.807) is 23.2 Å². The Hall–Kier alpha value is -2.31. The topological polar surface area (TPSA) is 79.7 Å². The highest BCUT2D eigenvalue weighted by molar-refractivity contribution is 5.68. The van der Waals surface area contributed by atoms with E-state index in [4.69, 9.17) is 4.74 Å². The summed E-state index contributed by atoms with van der Waals surface area (Å²) in [6.07, 6.45) is 2.07. The van der Waals surface area contributed by atoms with Crippen molar-refractivity contribution < 1.29 is 9.53 Å². The first kappa shape index (κ1) is 16.1. The molecule has 2 aromatic rings. The number of H-pyrrole nitrogens is 1. The van der Waals surface area contributed by atoms with E-state index in [1.807, 2.05) is 27.7 Å². The average Bonchev–Trinajstić information content (AvgIpc) is 2.85. The number of amides is 1. The number of hydrogen-bond acceptors (Lipinski definition) is 4. The van der Waals surface area contributed by atoms with Crippen LogP contribution in [0.3, 0.4) is 0 Å². The molecule has 0 radical (unpaired) electrons. The van der Waals surface area contributed by atoms with Crippen LogP contribution >= 0.6 is 0 Å². The lowest BCUT2D eigenvalue weighted by molar-refractivity contribution is 0.0228. The first-order valence-corrected chi connectivity index (χ1v) is 7.34. The molecule has 0 fully saturated rings. The SMILES string of the molecule is CCCN(Cc1nn2cccc2c(=O)[nH]1)C(=O)OC(C)(C)C. The number of nitrogens with zero attached hydrogens (tertiary/aromatic N) is 3. The number of nitrogens with one attached hydrogen (secondary N) is 1. The fourth-order valence-corrected chi connectivity index (χ4v) is 2.07. The summed E-state index contributed by atoms with van der Waals surface area (Å²) in [4.78, 5) is 28.4. The van der Waals surface area contributed by atoms with Crippen molar-refractivity contribution in [1.29, 1.82) is 0 Å². The minimum absolute atomic E-state index is 0.201. The summed E-state index contributed by atoms with van der Waals surface area (Å²) in [6, 6.07) is 3.44. The predicted molar refractivity (Wildman–Crippen MR) is 82.7 cm³/mol. The Bertz CT molecular complexity index is 711. The number of ether oxygens (including phenoxy) is 1. The molecule has 7 heteroatoms. The summed E-state index contributed by atoms with van der Waals surface area (Å²) in [5.41, 5.74) is -0.312. The zero-order chi connectivity index (χ0) is 16.3. The van der Waals surface area contributed by atoms with Crippen LogP contribution in [-0.2, 0) is 11.3 Å². The highest BCUT2D eigenvalue weighted by Gasteiger charge is 2.22. The summed E-state index contributed by atoms with van der Waals surface area (Å²) in [5.74, 6) is 0.424. The molecule has 0 aliphatic heterocycles. The number of carbonyl (C=O) groups excluding carboxylic acids is 1. The summed E-state index contributed by atoms with van der Waals surface area (Å²) in [5, 5.41) is 4.31. The largest absolute Gasteiger partial charge is 0.444 e. The molecule has 2 aromatic heterocycles. The van der Waals surface area contributed by atoms with Gasteiger partial charge in [-0.25, -0.2) is 9.31 Å². The Kier molecular flexibility index (Phi) is 4.54. The maximum Gasteiger partial charge on any atom is 0.410 e. The minimum Gasteiger partial charge on any atom is -0.444 e. The van der Waals surface area contributed by atoms with Gasteiger partial charge in [0.2, 0.25) is 0 Å². The Balaban J connectivity index is 2.22. The van der Waals surface area contributed by atoms with Crippen LogP contribution in [0.25, 0.3) is 5.52 Å². The summed E-state index contributed by atoms with van der Waals surface area (Å²) >= 11 is 0. The lowest BCUT2D eigenvalue weighted by Crippen LogP contribution is -2.37. The average molecular weight is 306 g/mol. The maximum absolute atomic E-state index is 12.2. The van der Waals surface area contributed by atoms with Gasteiger partial charge in [-0.1, -0.05) is 6.92 Å². The molecule has 2 rings (SSSR count). The van der Waals surface area contributed by atoms with E-state index in [-0.39, 0.29) is 12.1 Å². The fraction of sp³-hybridized carbons (Fsp3) is 0.533. The van der Waals surface area contributed by atoms with Gasteiger partial charge in [0, 0.05) is 12.7 Å². The molecule has 0 saturated carbocycles. The molecule has 0 bridgehead atoms. The molecule has 0 aliphatic carbocycles. The molecule has 0 atom stereocenters. The van der Waals surface area contributed by atoms with Gasteiger partial charge in [0.15, 0.2) is 0 Å². The Labute approximate surface area is 128 Å². The summed E-state index contributed by atoms with van der Waals surface area (Å²) < 4.78 is 6.90. The van der Waals surface area contributed by atoms with Crippen molar-refractivity contribution in [3.63, 3.8) is 0 Å². The van der Waals surface area contributed by atoms with Gasteiger partial charge in [0.25, 0.3) is 5.56 Å². The van der Waals surface area contributed by atoms with Crippen LogP contribution in [0.4, 0.5) is 4.79 Å². The quantitative estimate of drug-likeness (QED) is 0.939. The first-order chi connectivity index (χ1) is 10.3. The van der Waals surface area contributed by atoms with Crippen LogP contribution in [0, 0.1) is 0 Å². The van der Waals surface area contributed by atoms with E-state index >= 15 is 0 Å². The third-order valence-corrected chi connectivity index (χ3v) is 2.93. The monoisotopic (exact) mass is 306 g/mol. The van der Waals surface area contributed by atoms with E-state index in [2.05, 4.69) is 10.1 Å². The predicted octanol–water partition coefficient (Wildman–Crippen LogP) is 2.17. The normalized spacial score (nSPS) is 11.6. The van der Waals surface area contributed by atoms with Crippen molar-refractivity contribution in [3.8, 4) is 0 Å². The van der Waals surface area contributed by atoms with Crippen LogP contribution in [0.15, 0.2) is 23.1 Å². The Morgan fingerprint density at radius 1 is 1.45 bits per heavy atom. The lowest BCUT2D eigenvalue weighted by Gasteiger charge is -2.26. The molecule has 22 heavy (non-hydrogen) atoms. The van der Waals surface area contributed by atoms with E-state index in [1.165, 1.54) is 4.52 Å². The van der Waals surface area contributed by atoms with Crippen LogP contribution in [0.1, 0.15) is 39.9 Å². The van der Waals surface area contributed by atoms with Crippen LogP contribution in [0.5, 0.6) is 0 Å². The Morgan fingerprint density at radius 2 is 2.18 bits per heavy atom. The van der Waals surface area contributed by atoms with E-state index in [0.717, 1.165) is 6.42 Å². The van der Waals surface area contributed by atoms with Crippen LogP contribution in [-0.4, -0.2) is 37.7 Å². The molecule has 0 saturated heterocycles. The van der Waals surface area contributed by atoms with Crippen molar-refractivity contribution in [1.82, 2.24) is 19.5 Å². The molecule has 120 valence electrons. The van der Waals surface area contributed by atoms with Crippen LogP contribution in [0.2, 0.25) is 0 Å². The molecule has 1 N–H and O–H groups in total. The van der Waals surface area contributed by atoms with Gasteiger partial charge in [0.05, 0.1) is 6.54 Å². The lowest BCUT2D eigenvalue weighted by atomic mass is 10.2. The van der Waals surface area contributed by atoms with Crippen molar-refractivity contribution in [2.75, 3.05) is 6.54 Å². The van der Waals surface area contributed by atoms with Crippen molar-refractivity contribution in [2.24, 2.45) is 0 Å².